The molecular weight excluding hydrogens is 330 g/mol. The van der Waals surface area contributed by atoms with Crippen molar-refractivity contribution in [3.05, 3.63) is 45.7 Å². The van der Waals surface area contributed by atoms with Gasteiger partial charge in [-0.1, -0.05) is 22.9 Å². The Morgan fingerprint density at radius 2 is 2.19 bits per heavy atom. The molecule has 114 valence electrons. The summed E-state index contributed by atoms with van der Waals surface area (Å²) >= 11 is 3.55. The molecule has 21 heavy (non-hydrogen) atoms. The molecule has 0 saturated heterocycles. The lowest BCUT2D eigenvalue weighted by Crippen LogP contribution is -2.22. The number of benzene rings is 1. The Kier molecular flexibility index (Phi) is 5.42. The van der Waals surface area contributed by atoms with E-state index in [9.17, 15) is 0 Å². The lowest BCUT2D eigenvalue weighted by Gasteiger charge is -2.17. The number of halogens is 1. The molecule has 0 spiro atoms. The van der Waals surface area contributed by atoms with Crippen LogP contribution < -0.4 is 10.5 Å². The third-order valence-electron chi connectivity index (χ3n) is 3.46. The van der Waals surface area contributed by atoms with Crippen molar-refractivity contribution >= 4 is 15.9 Å². The monoisotopic (exact) mass is 351 g/mol. The topological polar surface area (TPSA) is 53.1 Å². The molecule has 0 amide bonds. The SMILES string of the molecule is CCC(N)Cc1cc(Br)cc(C)c1OCc1ccn(C)n1. The zero-order valence-corrected chi connectivity index (χ0v) is 14.4. The minimum Gasteiger partial charge on any atom is -0.487 e. The van der Waals surface area contributed by atoms with E-state index in [0.29, 0.717) is 6.61 Å². The minimum atomic E-state index is 0.149. The second kappa shape index (κ2) is 7.09. The number of nitrogens with zero attached hydrogens (tertiary/aromatic N) is 2. The van der Waals surface area contributed by atoms with Crippen molar-refractivity contribution in [2.45, 2.75) is 39.3 Å². The summed E-state index contributed by atoms with van der Waals surface area (Å²) in [5.41, 5.74) is 9.28. The van der Waals surface area contributed by atoms with E-state index in [0.717, 1.165) is 39.9 Å². The quantitative estimate of drug-likeness (QED) is 0.868. The highest BCUT2D eigenvalue weighted by molar-refractivity contribution is 9.10. The molecule has 1 aromatic heterocycles. The van der Waals surface area contributed by atoms with Gasteiger partial charge < -0.3 is 10.5 Å². The van der Waals surface area contributed by atoms with E-state index < -0.39 is 0 Å². The summed E-state index contributed by atoms with van der Waals surface area (Å²) < 4.78 is 8.85. The van der Waals surface area contributed by atoms with Gasteiger partial charge in [-0.3, -0.25) is 4.68 Å². The summed E-state index contributed by atoms with van der Waals surface area (Å²) in [4.78, 5) is 0. The first-order valence-corrected chi connectivity index (χ1v) is 7.94. The third-order valence-corrected chi connectivity index (χ3v) is 3.91. The first kappa shape index (κ1) is 16.0. The summed E-state index contributed by atoms with van der Waals surface area (Å²) in [6, 6.07) is 6.27. The molecular formula is C16H22BrN3O. The van der Waals surface area contributed by atoms with Crippen molar-refractivity contribution in [2.75, 3.05) is 0 Å². The highest BCUT2D eigenvalue weighted by atomic mass is 79.9. The van der Waals surface area contributed by atoms with Crippen LogP contribution in [-0.4, -0.2) is 15.8 Å². The number of nitrogens with two attached hydrogens (primary N) is 1. The van der Waals surface area contributed by atoms with Crippen molar-refractivity contribution in [1.29, 1.82) is 0 Å². The number of aromatic nitrogens is 2. The maximum atomic E-state index is 6.10. The number of hydrogen-bond acceptors (Lipinski definition) is 3. The van der Waals surface area contributed by atoms with Crippen molar-refractivity contribution < 1.29 is 4.74 Å². The molecule has 4 nitrogen and oxygen atoms in total. The normalized spacial score (nSPS) is 12.4. The first-order valence-electron chi connectivity index (χ1n) is 7.15. The van der Waals surface area contributed by atoms with Gasteiger partial charge in [-0.05, 0) is 49.1 Å². The van der Waals surface area contributed by atoms with E-state index in [1.54, 1.807) is 4.68 Å². The van der Waals surface area contributed by atoms with Crippen LogP contribution in [0.25, 0.3) is 0 Å². The van der Waals surface area contributed by atoms with Crippen molar-refractivity contribution in [3.63, 3.8) is 0 Å². The van der Waals surface area contributed by atoms with Crippen molar-refractivity contribution in [1.82, 2.24) is 9.78 Å². The summed E-state index contributed by atoms with van der Waals surface area (Å²) in [7, 11) is 1.90. The van der Waals surface area contributed by atoms with E-state index >= 15 is 0 Å². The number of ether oxygens (including phenoxy) is 1. The fourth-order valence-corrected chi connectivity index (χ4v) is 2.89. The van der Waals surface area contributed by atoms with Crippen LogP contribution in [0, 0.1) is 6.92 Å². The highest BCUT2D eigenvalue weighted by Crippen LogP contribution is 2.29. The predicted molar refractivity (Wildman–Crippen MR) is 88.4 cm³/mol. The largest absolute Gasteiger partial charge is 0.487 e. The Bertz CT molecular complexity index is 610. The van der Waals surface area contributed by atoms with Crippen LogP contribution in [0.3, 0.4) is 0 Å². The molecule has 2 N–H and O–H groups in total. The molecule has 1 aromatic carbocycles. The summed E-state index contributed by atoms with van der Waals surface area (Å²) in [5.74, 6) is 0.924. The Morgan fingerprint density at radius 3 is 2.81 bits per heavy atom. The predicted octanol–water partition coefficient (Wildman–Crippen LogP) is 3.35. The van der Waals surface area contributed by atoms with E-state index in [1.807, 2.05) is 19.3 Å². The van der Waals surface area contributed by atoms with Crippen LogP contribution in [0.1, 0.15) is 30.2 Å². The van der Waals surface area contributed by atoms with Gasteiger partial charge in [0.05, 0.1) is 5.69 Å². The van der Waals surface area contributed by atoms with Gasteiger partial charge in [0.15, 0.2) is 0 Å². The molecule has 5 heteroatoms. The maximum absolute atomic E-state index is 6.10. The Hall–Kier alpha value is -1.33. The maximum Gasteiger partial charge on any atom is 0.132 e. The molecule has 1 unspecified atom stereocenters. The van der Waals surface area contributed by atoms with Crippen LogP contribution in [0.5, 0.6) is 5.75 Å². The lowest BCUT2D eigenvalue weighted by molar-refractivity contribution is 0.294. The molecule has 0 bridgehead atoms. The fraction of sp³-hybridized carbons (Fsp3) is 0.438. The van der Waals surface area contributed by atoms with E-state index in [2.05, 4.69) is 47.0 Å². The van der Waals surface area contributed by atoms with Gasteiger partial charge in [-0.15, -0.1) is 0 Å². The summed E-state index contributed by atoms with van der Waals surface area (Å²) in [6.45, 7) is 4.63. The van der Waals surface area contributed by atoms with Crippen molar-refractivity contribution in [2.24, 2.45) is 12.8 Å². The molecule has 1 heterocycles. The van der Waals surface area contributed by atoms with Gasteiger partial charge in [0.1, 0.15) is 12.4 Å². The molecule has 0 aliphatic rings. The van der Waals surface area contributed by atoms with Crippen molar-refractivity contribution in [3.8, 4) is 5.75 Å². The molecule has 0 fully saturated rings. The molecule has 0 radical (unpaired) electrons. The second-order valence-corrected chi connectivity index (χ2v) is 6.27. The average Bonchev–Trinajstić information content (AvgIpc) is 2.83. The highest BCUT2D eigenvalue weighted by Gasteiger charge is 2.12. The Balaban J connectivity index is 2.19. The van der Waals surface area contributed by atoms with Crippen LogP contribution in [0.15, 0.2) is 28.9 Å². The van der Waals surface area contributed by atoms with Gasteiger partial charge in [0.25, 0.3) is 0 Å². The van der Waals surface area contributed by atoms with Gasteiger partial charge in [-0.25, -0.2) is 0 Å². The van der Waals surface area contributed by atoms with Crippen LogP contribution >= 0.6 is 15.9 Å². The molecule has 0 saturated carbocycles. The van der Waals surface area contributed by atoms with Gasteiger partial charge in [0.2, 0.25) is 0 Å². The summed E-state index contributed by atoms with van der Waals surface area (Å²) in [5, 5.41) is 4.34. The lowest BCUT2D eigenvalue weighted by atomic mass is 10.0. The van der Waals surface area contributed by atoms with E-state index in [4.69, 9.17) is 10.5 Å². The zero-order chi connectivity index (χ0) is 15.4. The average molecular weight is 352 g/mol. The van der Waals surface area contributed by atoms with Crippen LogP contribution in [-0.2, 0) is 20.1 Å². The standard InChI is InChI=1S/C16H22BrN3O/c1-4-14(18)9-12-8-13(17)7-11(2)16(12)21-10-15-5-6-20(3)19-15/h5-8,14H,4,9-10,18H2,1-3H3. The zero-order valence-electron chi connectivity index (χ0n) is 12.8. The number of aryl methyl sites for hydroxylation is 2. The summed E-state index contributed by atoms with van der Waals surface area (Å²) in [6.07, 6.45) is 3.68. The third kappa shape index (κ3) is 4.32. The second-order valence-electron chi connectivity index (χ2n) is 5.35. The van der Waals surface area contributed by atoms with Crippen LogP contribution in [0.4, 0.5) is 0 Å². The van der Waals surface area contributed by atoms with Gasteiger partial charge >= 0.3 is 0 Å². The minimum absolute atomic E-state index is 0.149. The Labute approximate surface area is 134 Å². The molecule has 0 aliphatic carbocycles. The number of rotatable bonds is 6. The molecule has 0 aliphatic heterocycles. The molecule has 2 rings (SSSR count). The molecule has 2 aromatic rings. The van der Waals surface area contributed by atoms with Crippen LogP contribution in [0.2, 0.25) is 0 Å². The fourth-order valence-electron chi connectivity index (χ4n) is 2.27. The van der Waals surface area contributed by atoms with E-state index in [-0.39, 0.29) is 6.04 Å². The number of hydrogen-bond donors (Lipinski definition) is 1. The van der Waals surface area contributed by atoms with Gasteiger partial charge in [-0.2, -0.15) is 5.10 Å². The Morgan fingerprint density at radius 1 is 1.43 bits per heavy atom. The van der Waals surface area contributed by atoms with E-state index in [1.165, 1.54) is 0 Å². The first-order chi connectivity index (χ1) is 9.99. The van der Waals surface area contributed by atoms with Gasteiger partial charge in [0, 0.05) is 23.8 Å². The molecule has 1 atom stereocenters. The smallest absolute Gasteiger partial charge is 0.132 e.